The third-order valence-corrected chi connectivity index (χ3v) is 7.65. The molecule has 3 aliphatic rings. The molecular formula is C32H37NO5. The fraction of sp³-hybridized carbons (Fsp3) is 0.438. The lowest BCUT2D eigenvalue weighted by molar-refractivity contribution is -0.117. The van der Waals surface area contributed by atoms with Crippen LogP contribution < -0.4 is 9.47 Å². The van der Waals surface area contributed by atoms with Crippen molar-refractivity contribution in [1.29, 1.82) is 0 Å². The average Bonchev–Trinajstić information content (AvgIpc) is 2.93. The molecule has 2 aromatic rings. The van der Waals surface area contributed by atoms with Crippen LogP contribution in [0, 0.1) is 0 Å². The zero-order valence-corrected chi connectivity index (χ0v) is 22.5. The summed E-state index contributed by atoms with van der Waals surface area (Å²) in [4.78, 5) is 29.3. The molecule has 2 aliphatic carbocycles. The van der Waals surface area contributed by atoms with Crippen LogP contribution in [0.3, 0.4) is 0 Å². The first-order valence-electron chi connectivity index (χ1n) is 13.8. The van der Waals surface area contributed by atoms with Crippen LogP contribution in [0.5, 0.6) is 11.5 Å². The Hall–Kier alpha value is -3.38. The van der Waals surface area contributed by atoms with E-state index in [0.29, 0.717) is 44.2 Å². The van der Waals surface area contributed by atoms with Crippen molar-refractivity contribution in [2.75, 3.05) is 26.9 Å². The van der Waals surface area contributed by atoms with Crippen LogP contribution in [0.4, 0.5) is 0 Å². The Labute approximate surface area is 225 Å². The number of rotatable bonds is 10. The van der Waals surface area contributed by atoms with Crippen molar-refractivity contribution < 1.29 is 23.8 Å². The Morgan fingerprint density at radius 3 is 2.16 bits per heavy atom. The summed E-state index contributed by atoms with van der Waals surface area (Å²) in [6.07, 6.45) is 5.29. The molecule has 0 unspecified atom stereocenters. The number of allylic oxidation sites excluding steroid dienone is 4. The molecule has 6 heteroatoms. The first-order valence-corrected chi connectivity index (χ1v) is 13.8. The normalized spacial score (nSPS) is 18.0. The standard InChI is InChI=1S/C32H37NO5/c1-3-37-29-20-23(16-17-28(29)38-21-22-10-5-4-6-11-22)30-31-24(12-7-14-26(31)34)33(18-9-19-36-2)25-13-8-15-27(35)32(25)30/h4-6,10-11,16-17,20,30H,3,7-9,12-15,18-19,21H2,1-2H3. The Kier molecular flexibility index (Phi) is 8.28. The van der Waals surface area contributed by atoms with Gasteiger partial charge < -0.3 is 19.1 Å². The Balaban J connectivity index is 1.56. The summed E-state index contributed by atoms with van der Waals surface area (Å²) in [6.45, 7) is 4.28. The van der Waals surface area contributed by atoms with Gasteiger partial charge in [0.15, 0.2) is 23.1 Å². The van der Waals surface area contributed by atoms with Crippen LogP contribution in [0.25, 0.3) is 0 Å². The minimum atomic E-state index is -0.360. The van der Waals surface area contributed by atoms with Crippen molar-refractivity contribution in [2.45, 2.75) is 64.4 Å². The van der Waals surface area contributed by atoms with E-state index in [2.05, 4.69) is 4.90 Å². The lowest BCUT2D eigenvalue weighted by atomic mass is 9.71. The van der Waals surface area contributed by atoms with Gasteiger partial charge in [0.1, 0.15) is 6.61 Å². The molecule has 0 fully saturated rings. The topological polar surface area (TPSA) is 65.1 Å². The van der Waals surface area contributed by atoms with E-state index in [1.54, 1.807) is 7.11 Å². The molecule has 38 heavy (non-hydrogen) atoms. The zero-order valence-electron chi connectivity index (χ0n) is 22.5. The molecule has 0 radical (unpaired) electrons. The number of hydrogen-bond donors (Lipinski definition) is 0. The Morgan fingerprint density at radius 1 is 0.842 bits per heavy atom. The highest BCUT2D eigenvalue weighted by Crippen LogP contribution is 2.50. The van der Waals surface area contributed by atoms with Crippen molar-refractivity contribution in [1.82, 2.24) is 4.90 Å². The summed E-state index contributed by atoms with van der Waals surface area (Å²) in [5.41, 5.74) is 5.77. The summed E-state index contributed by atoms with van der Waals surface area (Å²) in [5, 5.41) is 0. The summed E-state index contributed by atoms with van der Waals surface area (Å²) >= 11 is 0. The van der Waals surface area contributed by atoms with Gasteiger partial charge >= 0.3 is 0 Å². The van der Waals surface area contributed by atoms with E-state index in [4.69, 9.17) is 14.2 Å². The van der Waals surface area contributed by atoms with E-state index < -0.39 is 0 Å². The second-order valence-corrected chi connectivity index (χ2v) is 10.1. The van der Waals surface area contributed by atoms with E-state index in [1.165, 1.54) is 0 Å². The average molecular weight is 516 g/mol. The van der Waals surface area contributed by atoms with Crippen molar-refractivity contribution in [3.8, 4) is 11.5 Å². The third kappa shape index (κ3) is 5.28. The molecule has 0 aromatic heterocycles. The SMILES string of the molecule is CCOc1cc(C2C3=C(CCCC3=O)N(CCCOC)C3=C2C(=O)CCC3)ccc1OCc1ccccc1. The van der Waals surface area contributed by atoms with Gasteiger partial charge in [-0.2, -0.15) is 0 Å². The number of nitrogens with zero attached hydrogens (tertiary/aromatic N) is 1. The highest BCUT2D eigenvalue weighted by atomic mass is 16.5. The number of carbonyl (C=O) groups is 2. The molecule has 0 saturated heterocycles. The van der Waals surface area contributed by atoms with Gasteiger partial charge in [0, 0.05) is 61.6 Å². The minimum absolute atomic E-state index is 0.153. The molecule has 0 spiro atoms. The lowest BCUT2D eigenvalue weighted by Crippen LogP contribution is -2.39. The molecule has 1 aliphatic heterocycles. The lowest BCUT2D eigenvalue weighted by Gasteiger charge is -2.44. The summed E-state index contributed by atoms with van der Waals surface area (Å²) in [6, 6.07) is 15.9. The molecule has 0 bridgehead atoms. The van der Waals surface area contributed by atoms with Gasteiger partial charge in [0.05, 0.1) is 6.61 Å². The molecule has 0 atom stereocenters. The fourth-order valence-corrected chi connectivity index (χ4v) is 6.01. The number of carbonyl (C=O) groups excluding carboxylic acids is 2. The maximum atomic E-state index is 13.5. The van der Waals surface area contributed by atoms with Crippen LogP contribution in [0.1, 0.15) is 68.9 Å². The van der Waals surface area contributed by atoms with E-state index in [9.17, 15) is 9.59 Å². The monoisotopic (exact) mass is 515 g/mol. The number of ketones is 2. The first-order chi connectivity index (χ1) is 18.6. The largest absolute Gasteiger partial charge is 0.490 e. The van der Waals surface area contributed by atoms with Crippen molar-refractivity contribution in [3.63, 3.8) is 0 Å². The van der Waals surface area contributed by atoms with Gasteiger partial charge in [-0.25, -0.2) is 0 Å². The van der Waals surface area contributed by atoms with Gasteiger partial charge in [0.2, 0.25) is 0 Å². The van der Waals surface area contributed by atoms with Crippen LogP contribution in [0.2, 0.25) is 0 Å². The van der Waals surface area contributed by atoms with Crippen molar-refractivity contribution in [3.05, 3.63) is 82.2 Å². The number of Topliss-reactive ketones (excluding diaryl/α,β-unsaturated/α-hetero) is 2. The van der Waals surface area contributed by atoms with Crippen molar-refractivity contribution >= 4 is 11.6 Å². The van der Waals surface area contributed by atoms with E-state index in [0.717, 1.165) is 72.3 Å². The summed E-state index contributed by atoms with van der Waals surface area (Å²) < 4.78 is 17.5. The number of hydrogen-bond acceptors (Lipinski definition) is 6. The molecule has 0 saturated carbocycles. The number of methoxy groups -OCH3 is 1. The predicted octanol–water partition coefficient (Wildman–Crippen LogP) is 6.11. The maximum Gasteiger partial charge on any atom is 0.161 e. The number of benzene rings is 2. The first kappa shape index (κ1) is 26.2. The second-order valence-electron chi connectivity index (χ2n) is 10.1. The van der Waals surface area contributed by atoms with Gasteiger partial charge in [0.25, 0.3) is 0 Å². The highest BCUT2D eigenvalue weighted by Gasteiger charge is 2.43. The molecule has 5 rings (SSSR count). The minimum Gasteiger partial charge on any atom is -0.490 e. The number of ether oxygens (including phenoxy) is 3. The van der Waals surface area contributed by atoms with Gasteiger partial charge in [-0.15, -0.1) is 0 Å². The van der Waals surface area contributed by atoms with Crippen LogP contribution in [-0.4, -0.2) is 43.3 Å². The molecule has 1 heterocycles. The second kappa shape index (κ2) is 12.0. The fourth-order valence-electron chi connectivity index (χ4n) is 6.01. The highest BCUT2D eigenvalue weighted by molar-refractivity contribution is 6.06. The summed E-state index contributed by atoms with van der Waals surface area (Å²) in [5.74, 6) is 1.24. The maximum absolute atomic E-state index is 13.5. The zero-order chi connectivity index (χ0) is 26.5. The van der Waals surface area contributed by atoms with Crippen LogP contribution in [0.15, 0.2) is 71.1 Å². The molecule has 200 valence electrons. The Morgan fingerprint density at radius 2 is 1.53 bits per heavy atom. The summed E-state index contributed by atoms with van der Waals surface area (Å²) in [7, 11) is 1.71. The predicted molar refractivity (Wildman–Crippen MR) is 146 cm³/mol. The van der Waals surface area contributed by atoms with E-state index >= 15 is 0 Å². The molecule has 0 amide bonds. The quantitative estimate of drug-likeness (QED) is 0.356. The van der Waals surface area contributed by atoms with E-state index in [-0.39, 0.29) is 17.5 Å². The van der Waals surface area contributed by atoms with Gasteiger partial charge in [-0.05, 0) is 62.3 Å². The smallest absolute Gasteiger partial charge is 0.161 e. The van der Waals surface area contributed by atoms with Crippen LogP contribution >= 0.6 is 0 Å². The van der Waals surface area contributed by atoms with Gasteiger partial charge in [-0.1, -0.05) is 36.4 Å². The molecule has 0 N–H and O–H groups in total. The van der Waals surface area contributed by atoms with Crippen molar-refractivity contribution in [2.24, 2.45) is 0 Å². The van der Waals surface area contributed by atoms with E-state index in [1.807, 2.05) is 55.5 Å². The molecule has 6 nitrogen and oxygen atoms in total. The third-order valence-electron chi connectivity index (χ3n) is 7.65. The Bertz CT molecular complexity index is 1200. The van der Waals surface area contributed by atoms with Gasteiger partial charge in [-0.3, -0.25) is 9.59 Å². The molecular weight excluding hydrogens is 478 g/mol. The van der Waals surface area contributed by atoms with Crippen LogP contribution in [-0.2, 0) is 20.9 Å². The molecule has 2 aromatic carbocycles.